The molecule has 3 heteroatoms. The Hall–Kier alpha value is -1.64. The molecule has 0 spiro atoms. The molecule has 0 saturated heterocycles. The van der Waals surface area contributed by atoms with E-state index in [2.05, 4.69) is 0 Å². The normalized spacial score (nSPS) is 10.5. The molecule has 1 aromatic heterocycles. The van der Waals surface area contributed by atoms with Crippen molar-refractivity contribution in [3.8, 4) is 11.5 Å². The SMILES string of the molecule is COc1cc(OC)c2cc(C)oc2c1. The highest BCUT2D eigenvalue weighted by atomic mass is 16.5. The van der Waals surface area contributed by atoms with Gasteiger partial charge in [0.2, 0.25) is 0 Å². The molecule has 14 heavy (non-hydrogen) atoms. The molecule has 0 aliphatic carbocycles. The van der Waals surface area contributed by atoms with Crippen LogP contribution in [0.15, 0.2) is 22.6 Å². The quantitative estimate of drug-likeness (QED) is 0.733. The number of aryl methyl sites for hydroxylation is 1. The molecule has 0 N–H and O–H groups in total. The largest absolute Gasteiger partial charge is 0.496 e. The topological polar surface area (TPSA) is 31.6 Å². The maximum Gasteiger partial charge on any atom is 0.141 e. The summed E-state index contributed by atoms with van der Waals surface area (Å²) in [6.45, 7) is 1.91. The van der Waals surface area contributed by atoms with Gasteiger partial charge in [-0.3, -0.25) is 0 Å². The van der Waals surface area contributed by atoms with Crippen LogP contribution in [0.25, 0.3) is 11.0 Å². The summed E-state index contributed by atoms with van der Waals surface area (Å²) in [5.41, 5.74) is 0.790. The number of benzene rings is 1. The molecule has 1 heterocycles. The Morgan fingerprint density at radius 2 is 1.86 bits per heavy atom. The van der Waals surface area contributed by atoms with Gasteiger partial charge in [0.25, 0.3) is 0 Å². The number of rotatable bonds is 2. The predicted octanol–water partition coefficient (Wildman–Crippen LogP) is 2.76. The minimum Gasteiger partial charge on any atom is -0.496 e. The van der Waals surface area contributed by atoms with E-state index in [1.54, 1.807) is 14.2 Å². The summed E-state index contributed by atoms with van der Waals surface area (Å²) < 4.78 is 15.9. The maximum atomic E-state index is 5.49. The molecule has 0 atom stereocenters. The van der Waals surface area contributed by atoms with Gasteiger partial charge in [-0.2, -0.15) is 0 Å². The zero-order valence-corrected chi connectivity index (χ0v) is 8.46. The van der Waals surface area contributed by atoms with Gasteiger partial charge in [0.15, 0.2) is 0 Å². The van der Waals surface area contributed by atoms with E-state index >= 15 is 0 Å². The Kier molecular flexibility index (Phi) is 2.08. The van der Waals surface area contributed by atoms with Crippen LogP contribution in [-0.2, 0) is 0 Å². The van der Waals surface area contributed by atoms with Crippen molar-refractivity contribution in [1.82, 2.24) is 0 Å². The molecule has 0 aliphatic rings. The first-order chi connectivity index (χ1) is 6.74. The summed E-state index contributed by atoms with van der Waals surface area (Å²) >= 11 is 0. The smallest absolute Gasteiger partial charge is 0.141 e. The molecule has 0 radical (unpaired) electrons. The van der Waals surface area contributed by atoms with E-state index in [0.717, 1.165) is 28.2 Å². The lowest BCUT2D eigenvalue weighted by Gasteiger charge is -2.04. The van der Waals surface area contributed by atoms with Crippen molar-refractivity contribution >= 4 is 11.0 Å². The Balaban J connectivity index is 2.72. The number of ether oxygens (including phenoxy) is 2. The third-order valence-corrected chi connectivity index (χ3v) is 2.15. The predicted molar refractivity (Wildman–Crippen MR) is 54.1 cm³/mol. The Labute approximate surface area is 82.2 Å². The van der Waals surface area contributed by atoms with E-state index in [1.165, 1.54) is 0 Å². The summed E-state index contributed by atoms with van der Waals surface area (Å²) in [6.07, 6.45) is 0. The lowest BCUT2D eigenvalue weighted by Crippen LogP contribution is -1.86. The second kappa shape index (κ2) is 3.25. The third kappa shape index (κ3) is 1.31. The Morgan fingerprint density at radius 3 is 2.50 bits per heavy atom. The van der Waals surface area contributed by atoms with Gasteiger partial charge < -0.3 is 13.9 Å². The molecule has 0 saturated carbocycles. The second-order valence-corrected chi connectivity index (χ2v) is 3.10. The molecule has 0 amide bonds. The summed E-state index contributed by atoms with van der Waals surface area (Å²) in [7, 11) is 3.26. The number of methoxy groups -OCH3 is 2. The highest BCUT2D eigenvalue weighted by Gasteiger charge is 2.08. The van der Waals surface area contributed by atoms with Crippen molar-refractivity contribution in [2.75, 3.05) is 14.2 Å². The monoisotopic (exact) mass is 192 g/mol. The lowest BCUT2D eigenvalue weighted by molar-refractivity contribution is 0.397. The zero-order chi connectivity index (χ0) is 10.1. The number of hydrogen-bond donors (Lipinski definition) is 0. The molecule has 0 bridgehead atoms. The van der Waals surface area contributed by atoms with Crippen LogP contribution in [0.1, 0.15) is 5.76 Å². The number of fused-ring (bicyclic) bond motifs is 1. The molecule has 74 valence electrons. The van der Waals surface area contributed by atoms with Gasteiger partial charge in [-0.15, -0.1) is 0 Å². The van der Waals surface area contributed by atoms with Gasteiger partial charge in [0.05, 0.1) is 19.6 Å². The number of hydrogen-bond acceptors (Lipinski definition) is 3. The van der Waals surface area contributed by atoms with E-state index in [1.807, 2.05) is 25.1 Å². The zero-order valence-electron chi connectivity index (χ0n) is 8.46. The van der Waals surface area contributed by atoms with Crippen LogP contribution >= 0.6 is 0 Å². The van der Waals surface area contributed by atoms with Crippen molar-refractivity contribution < 1.29 is 13.9 Å². The van der Waals surface area contributed by atoms with Crippen molar-refractivity contribution in [3.63, 3.8) is 0 Å². The molecule has 3 nitrogen and oxygen atoms in total. The average Bonchev–Trinajstić information content (AvgIpc) is 2.56. The van der Waals surface area contributed by atoms with Gasteiger partial charge in [0.1, 0.15) is 22.8 Å². The fourth-order valence-electron chi connectivity index (χ4n) is 1.50. The van der Waals surface area contributed by atoms with E-state index in [-0.39, 0.29) is 0 Å². The molecule has 0 aliphatic heterocycles. The fraction of sp³-hybridized carbons (Fsp3) is 0.273. The van der Waals surface area contributed by atoms with Crippen LogP contribution in [0, 0.1) is 6.92 Å². The molecule has 0 fully saturated rings. The minimum atomic E-state index is 0.740. The molecule has 2 aromatic rings. The number of furan rings is 1. The highest BCUT2D eigenvalue weighted by molar-refractivity contribution is 5.86. The lowest BCUT2D eigenvalue weighted by atomic mass is 10.2. The van der Waals surface area contributed by atoms with Gasteiger partial charge in [-0.1, -0.05) is 0 Å². The van der Waals surface area contributed by atoms with E-state index < -0.39 is 0 Å². The highest BCUT2D eigenvalue weighted by Crippen LogP contribution is 2.32. The standard InChI is InChI=1S/C11H12O3/c1-7-4-9-10(13-3)5-8(12-2)6-11(9)14-7/h4-6H,1-3H3. The Bertz CT molecular complexity index is 457. The molecule has 2 rings (SSSR count). The van der Waals surface area contributed by atoms with E-state index in [9.17, 15) is 0 Å². The van der Waals surface area contributed by atoms with E-state index in [0.29, 0.717) is 0 Å². The van der Waals surface area contributed by atoms with Crippen molar-refractivity contribution in [3.05, 3.63) is 24.0 Å². The van der Waals surface area contributed by atoms with Crippen LogP contribution in [0.5, 0.6) is 11.5 Å². The fourth-order valence-corrected chi connectivity index (χ4v) is 1.50. The van der Waals surface area contributed by atoms with Crippen molar-refractivity contribution in [1.29, 1.82) is 0 Å². The molecule has 0 unspecified atom stereocenters. The summed E-state index contributed by atoms with van der Waals surface area (Å²) in [4.78, 5) is 0. The van der Waals surface area contributed by atoms with Gasteiger partial charge in [-0.05, 0) is 13.0 Å². The first-order valence-electron chi connectivity index (χ1n) is 4.37. The molecule has 1 aromatic carbocycles. The molecular formula is C11H12O3. The first kappa shape index (κ1) is 8.94. The summed E-state index contributed by atoms with van der Waals surface area (Å²) in [5, 5.41) is 0.978. The van der Waals surface area contributed by atoms with Gasteiger partial charge in [-0.25, -0.2) is 0 Å². The Morgan fingerprint density at radius 1 is 1.07 bits per heavy atom. The first-order valence-corrected chi connectivity index (χ1v) is 4.37. The summed E-state index contributed by atoms with van der Waals surface area (Å²) in [5.74, 6) is 2.38. The van der Waals surface area contributed by atoms with Gasteiger partial charge in [0, 0.05) is 12.1 Å². The third-order valence-electron chi connectivity index (χ3n) is 2.15. The van der Waals surface area contributed by atoms with Crippen LogP contribution in [0.3, 0.4) is 0 Å². The molecular weight excluding hydrogens is 180 g/mol. The van der Waals surface area contributed by atoms with E-state index in [4.69, 9.17) is 13.9 Å². The van der Waals surface area contributed by atoms with Gasteiger partial charge >= 0.3 is 0 Å². The van der Waals surface area contributed by atoms with Crippen molar-refractivity contribution in [2.24, 2.45) is 0 Å². The van der Waals surface area contributed by atoms with Crippen LogP contribution in [0.2, 0.25) is 0 Å². The van der Waals surface area contributed by atoms with Crippen molar-refractivity contribution in [2.45, 2.75) is 6.92 Å². The maximum absolute atomic E-state index is 5.49. The van der Waals surface area contributed by atoms with Crippen LogP contribution in [0.4, 0.5) is 0 Å². The summed E-state index contributed by atoms with van der Waals surface area (Å²) in [6, 6.07) is 5.65. The minimum absolute atomic E-state index is 0.740. The second-order valence-electron chi connectivity index (χ2n) is 3.10. The van der Waals surface area contributed by atoms with Crippen LogP contribution < -0.4 is 9.47 Å². The van der Waals surface area contributed by atoms with Crippen LogP contribution in [-0.4, -0.2) is 14.2 Å². The average molecular weight is 192 g/mol.